The zero-order valence-corrected chi connectivity index (χ0v) is 8.24. The van der Waals surface area contributed by atoms with Crippen LogP contribution in [-0.4, -0.2) is 27.5 Å². The van der Waals surface area contributed by atoms with Crippen LogP contribution in [-0.2, 0) is 17.8 Å². The van der Waals surface area contributed by atoms with E-state index in [9.17, 15) is 9.18 Å². The second-order valence-electron chi connectivity index (χ2n) is 3.22. The molecule has 1 aromatic rings. The molecule has 0 radical (unpaired) electrons. The molecule has 14 heavy (non-hydrogen) atoms. The van der Waals surface area contributed by atoms with Gasteiger partial charge in [-0.1, -0.05) is 5.21 Å². The first kappa shape index (κ1) is 10.8. The van der Waals surface area contributed by atoms with E-state index in [-0.39, 0.29) is 12.3 Å². The summed E-state index contributed by atoms with van der Waals surface area (Å²) in [4.78, 5) is 10.7. The summed E-state index contributed by atoms with van der Waals surface area (Å²) < 4.78 is 13.4. The highest BCUT2D eigenvalue weighted by Crippen LogP contribution is 2.01. The molecule has 0 bridgehead atoms. The second-order valence-corrected chi connectivity index (χ2v) is 3.22. The van der Waals surface area contributed by atoms with Crippen molar-refractivity contribution in [3.05, 3.63) is 11.9 Å². The van der Waals surface area contributed by atoms with Gasteiger partial charge in [-0.2, -0.15) is 0 Å². The zero-order chi connectivity index (χ0) is 10.4. The molecule has 5 heteroatoms. The highest BCUT2D eigenvalue weighted by atomic mass is 19.1. The van der Waals surface area contributed by atoms with E-state index in [1.54, 1.807) is 13.1 Å². The summed E-state index contributed by atoms with van der Waals surface area (Å²) in [6, 6.07) is 0. The maximum atomic E-state index is 11.9. The topological polar surface area (TPSA) is 47.8 Å². The van der Waals surface area contributed by atoms with E-state index in [4.69, 9.17) is 0 Å². The van der Waals surface area contributed by atoms with Crippen molar-refractivity contribution in [2.45, 2.75) is 32.7 Å². The van der Waals surface area contributed by atoms with Gasteiger partial charge in [0.05, 0.1) is 12.2 Å². The van der Waals surface area contributed by atoms with Gasteiger partial charge >= 0.3 is 0 Å². The fourth-order valence-corrected chi connectivity index (χ4v) is 1.17. The SMILES string of the molecule is CC(=O)CCCc1cn(CCF)nn1. The predicted octanol–water partition coefficient (Wildman–Crippen LogP) is 1.16. The Balaban J connectivity index is 2.32. The third-order valence-corrected chi connectivity index (χ3v) is 1.86. The first-order valence-electron chi connectivity index (χ1n) is 4.67. The van der Waals surface area contributed by atoms with Crippen LogP contribution in [0.25, 0.3) is 0 Å². The molecule has 0 aromatic carbocycles. The van der Waals surface area contributed by atoms with Crippen LogP contribution in [0, 0.1) is 0 Å². The van der Waals surface area contributed by atoms with E-state index in [2.05, 4.69) is 10.3 Å². The average molecular weight is 199 g/mol. The molecule has 0 amide bonds. The summed E-state index contributed by atoms with van der Waals surface area (Å²) in [5.74, 6) is 0.182. The van der Waals surface area contributed by atoms with Gasteiger partial charge in [0.1, 0.15) is 12.5 Å². The molecule has 0 fully saturated rings. The molecule has 0 aliphatic carbocycles. The normalized spacial score (nSPS) is 10.4. The molecule has 1 heterocycles. The number of halogens is 1. The van der Waals surface area contributed by atoms with Gasteiger partial charge in [0.15, 0.2) is 0 Å². The first-order chi connectivity index (χ1) is 6.72. The van der Waals surface area contributed by atoms with Crippen LogP contribution >= 0.6 is 0 Å². The fourth-order valence-electron chi connectivity index (χ4n) is 1.17. The van der Waals surface area contributed by atoms with E-state index >= 15 is 0 Å². The number of hydrogen-bond donors (Lipinski definition) is 0. The van der Waals surface area contributed by atoms with Crippen molar-refractivity contribution < 1.29 is 9.18 Å². The second kappa shape index (κ2) is 5.47. The Kier molecular flexibility index (Phi) is 4.22. The molecular weight excluding hydrogens is 185 g/mol. The number of hydrogen-bond acceptors (Lipinski definition) is 3. The van der Waals surface area contributed by atoms with E-state index in [0.29, 0.717) is 6.42 Å². The highest BCUT2D eigenvalue weighted by molar-refractivity contribution is 5.75. The van der Waals surface area contributed by atoms with Gasteiger partial charge in [-0.25, -0.2) is 9.07 Å². The maximum absolute atomic E-state index is 11.9. The Morgan fingerprint density at radius 2 is 2.43 bits per heavy atom. The summed E-state index contributed by atoms with van der Waals surface area (Å²) in [6.45, 7) is 1.38. The number of aryl methyl sites for hydroxylation is 2. The van der Waals surface area contributed by atoms with Crippen LogP contribution in [0.15, 0.2) is 6.20 Å². The standard InChI is InChI=1S/C9H14FN3O/c1-8(14)3-2-4-9-7-13(6-5-10)12-11-9/h7H,2-6H2,1H3. The lowest BCUT2D eigenvalue weighted by Gasteiger charge is -1.93. The van der Waals surface area contributed by atoms with Crippen LogP contribution < -0.4 is 0 Å². The van der Waals surface area contributed by atoms with Crippen LogP contribution in [0.4, 0.5) is 4.39 Å². The maximum Gasteiger partial charge on any atom is 0.129 e. The minimum absolute atomic E-state index is 0.182. The summed E-state index contributed by atoms with van der Waals surface area (Å²) in [5, 5.41) is 7.61. The molecule has 0 N–H and O–H groups in total. The third-order valence-electron chi connectivity index (χ3n) is 1.86. The van der Waals surface area contributed by atoms with E-state index < -0.39 is 6.67 Å². The number of aromatic nitrogens is 3. The Hall–Kier alpha value is -1.26. The van der Waals surface area contributed by atoms with Crippen molar-refractivity contribution in [3.8, 4) is 0 Å². The molecule has 4 nitrogen and oxygen atoms in total. The Labute approximate surface area is 82.1 Å². The first-order valence-corrected chi connectivity index (χ1v) is 4.67. The number of alkyl halides is 1. The minimum Gasteiger partial charge on any atom is -0.300 e. The monoisotopic (exact) mass is 199 g/mol. The molecular formula is C9H14FN3O. The molecule has 0 saturated heterocycles. The molecule has 0 aliphatic heterocycles. The zero-order valence-electron chi connectivity index (χ0n) is 8.24. The highest BCUT2D eigenvalue weighted by Gasteiger charge is 2.01. The minimum atomic E-state index is -0.434. The summed E-state index contributed by atoms with van der Waals surface area (Å²) in [5.41, 5.74) is 0.819. The smallest absolute Gasteiger partial charge is 0.129 e. The number of rotatable bonds is 6. The van der Waals surface area contributed by atoms with Crippen molar-refractivity contribution in [2.24, 2.45) is 0 Å². The van der Waals surface area contributed by atoms with Crippen LogP contribution in [0.2, 0.25) is 0 Å². The molecule has 0 unspecified atom stereocenters. The average Bonchev–Trinajstić information content (AvgIpc) is 2.53. The van der Waals surface area contributed by atoms with E-state index in [1.807, 2.05) is 0 Å². The van der Waals surface area contributed by atoms with Gasteiger partial charge in [0, 0.05) is 12.6 Å². The Morgan fingerprint density at radius 1 is 1.64 bits per heavy atom. The number of Topliss-reactive ketones (excluding diaryl/α,β-unsaturated/α-hetero) is 1. The number of ketones is 1. The summed E-state index contributed by atoms with van der Waals surface area (Å²) in [7, 11) is 0. The van der Waals surface area contributed by atoms with Crippen LogP contribution in [0.5, 0.6) is 0 Å². The van der Waals surface area contributed by atoms with Gasteiger partial charge in [-0.05, 0) is 19.8 Å². The summed E-state index contributed by atoms with van der Waals surface area (Å²) in [6.07, 6.45) is 3.80. The number of carbonyl (C=O) groups is 1. The lowest BCUT2D eigenvalue weighted by molar-refractivity contribution is -0.117. The number of nitrogens with zero attached hydrogens (tertiary/aromatic N) is 3. The van der Waals surface area contributed by atoms with Crippen LogP contribution in [0.1, 0.15) is 25.5 Å². The van der Waals surface area contributed by atoms with Crippen molar-refractivity contribution >= 4 is 5.78 Å². The third kappa shape index (κ3) is 3.64. The van der Waals surface area contributed by atoms with E-state index in [1.165, 1.54) is 4.68 Å². The molecule has 1 rings (SSSR count). The Bertz CT molecular complexity index is 298. The molecule has 0 aliphatic rings. The largest absolute Gasteiger partial charge is 0.300 e. The van der Waals surface area contributed by atoms with Gasteiger partial charge in [0.2, 0.25) is 0 Å². The fraction of sp³-hybridized carbons (Fsp3) is 0.667. The van der Waals surface area contributed by atoms with Crippen molar-refractivity contribution in [1.82, 2.24) is 15.0 Å². The van der Waals surface area contributed by atoms with Crippen molar-refractivity contribution in [1.29, 1.82) is 0 Å². The summed E-state index contributed by atoms with van der Waals surface area (Å²) >= 11 is 0. The number of carbonyl (C=O) groups excluding carboxylic acids is 1. The van der Waals surface area contributed by atoms with Gasteiger partial charge in [-0.15, -0.1) is 5.10 Å². The quantitative estimate of drug-likeness (QED) is 0.690. The van der Waals surface area contributed by atoms with Crippen molar-refractivity contribution in [3.63, 3.8) is 0 Å². The molecule has 78 valence electrons. The van der Waals surface area contributed by atoms with Gasteiger partial charge in [-0.3, -0.25) is 0 Å². The van der Waals surface area contributed by atoms with Crippen molar-refractivity contribution in [2.75, 3.05) is 6.67 Å². The molecule has 0 saturated carbocycles. The predicted molar refractivity (Wildman–Crippen MR) is 49.6 cm³/mol. The van der Waals surface area contributed by atoms with Gasteiger partial charge in [0.25, 0.3) is 0 Å². The Morgan fingerprint density at radius 3 is 3.07 bits per heavy atom. The van der Waals surface area contributed by atoms with E-state index in [0.717, 1.165) is 18.5 Å². The van der Waals surface area contributed by atoms with Gasteiger partial charge < -0.3 is 4.79 Å². The van der Waals surface area contributed by atoms with Crippen LogP contribution in [0.3, 0.4) is 0 Å². The molecule has 1 aromatic heterocycles. The lowest BCUT2D eigenvalue weighted by Crippen LogP contribution is -1.99. The lowest BCUT2D eigenvalue weighted by atomic mass is 10.1. The molecule has 0 spiro atoms. The molecule has 0 atom stereocenters.